The van der Waals surface area contributed by atoms with Crippen molar-refractivity contribution < 1.29 is 37.7 Å². The van der Waals surface area contributed by atoms with E-state index in [4.69, 9.17) is 18.7 Å². The fourth-order valence-corrected chi connectivity index (χ4v) is 8.98. The number of unbranched alkanes of at least 4 members (excludes halogenated alkanes) is 1. The number of ether oxygens (including phenoxy) is 3. The van der Waals surface area contributed by atoms with Crippen molar-refractivity contribution in [3.8, 4) is 11.1 Å². The first kappa shape index (κ1) is 41.2. The molecule has 2 amide bonds. The molecule has 10 nitrogen and oxygen atoms in total. The summed E-state index contributed by atoms with van der Waals surface area (Å²) in [6.45, 7) is 19.4. The first-order valence-electron chi connectivity index (χ1n) is 17.7. The lowest BCUT2D eigenvalue weighted by Gasteiger charge is -2.38. The van der Waals surface area contributed by atoms with Gasteiger partial charge >= 0.3 is 18.2 Å². The minimum atomic E-state index is -3.60. The van der Waals surface area contributed by atoms with Gasteiger partial charge in [0.15, 0.2) is 0 Å². The zero-order valence-electron chi connectivity index (χ0n) is 31.9. The number of nitrogens with zero attached hydrogens (tertiary/aromatic N) is 2. The summed E-state index contributed by atoms with van der Waals surface area (Å²) in [5.41, 5.74) is 0.945. The molecule has 1 aliphatic rings. The molecule has 50 heavy (non-hydrogen) atoms. The maximum absolute atomic E-state index is 15.0. The molecule has 278 valence electrons. The first-order valence-corrected chi connectivity index (χ1v) is 19.6. The maximum atomic E-state index is 15.0. The Kier molecular flexibility index (Phi) is 13.9. The van der Waals surface area contributed by atoms with Crippen molar-refractivity contribution in [1.82, 2.24) is 9.80 Å². The van der Waals surface area contributed by atoms with Gasteiger partial charge < -0.3 is 18.7 Å². The van der Waals surface area contributed by atoms with Crippen LogP contribution in [0.1, 0.15) is 100 Å². The number of hydrogen-bond donors (Lipinski definition) is 0. The topological polar surface area (TPSA) is 112 Å². The van der Waals surface area contributed by atoms with Gasteiger partial charge in [0.05, 0.1) is 6.61 Å². The van der Waals surface area contributed by atoms with Crippen LogP contribution in [0.5, 0.6) is 0 Å². The van der Waals surface area contributed by atoms with Crippen LogP contribution < -0.4 is 0 Å². The predicted molar refractivity (Wildman–Crippen MR) is 197 cm³/mol. The van der Waals surface area contributed by atoms with Crippen LogP contribution in [0.15, 0.2) is 54.6 Å². The Hall–Kier alpha value is -3.20. The van der Waals surface area contributed by atoms with Crippen LogP contribution >= 0.6 is 7.37 Å². The Morgan fingerprint density at radius 3 is 1.82 bits per heavy atom. The number of hydrogen-bond acceptors (Lipinski definition) is 9. The average molecular weight is 715 g/mol. The van der Waals surface area contributed by atoms with Gasteiger partial charge in [-0.3, -0.25) is 14.3 Å². The largest absolute Gasteiger partial charge is 0.459 e. The molecule has 1 fully saturated rings. The minimum Gasteiger partial charge on any atom is -0.459 e. The molecule has 2 unspecified atom stereocenters. The van der Waals surface area contributed by atoms with E-state index >= 15 is 0 Å². The fraction of sp³-hybridized carbons (Fsp3) is 0.615. The van der Waals surface area contributed by atoms with E-state index in [1.165, 1.54) is 0 Å². The van der Waals surface area contributed by atoms with Gasteiger partial charge in [-0.25, -0.2) is 14.5 Å². The molecule has 3 rings (SSSR count). The summed E-state index contributed by atoms with van der Waals surface area (Å²) in [4.78, 5) is 43.6. The van der Waals surface area contributed by atoms with Crippen molar-refractivity contribution >= 4 is 25.5 Å². The summed E-state index contributed by atoms with van der Waals surface area (Å²) >= 11 is 0. The molecule has 0 N–H and O–H groups in total. The molecule has 1 saturated heterocycles. The van der Waals surface area contributed by atoms with Crippen molar-refractivity contribution in [3.05, 3.63) is 60.2 Å². The van der Waals surface area contributed by atoms with E-state index in [-0.39, 0.29) is 32.2 Å². The van der Waals surface area contributed by atoms with Gasteiger partial charge in [-0.05, 0) is 112 Å². The third-order valence-corrected chi connectivity index (χ3v) is 11.6. The number of benzene rings is 2. The van der Waals surface area contributed by atoms with Gasteiger partial charge in [0.1, 0.15) is 22.0 Å². The number of carbonyl (C=O) groups excluding carboxylic acids is 3. The molecule has 1 aliphatic heterocycles. The van der Waals surface area contributed by atoms with Crippen LogP contribution in [-0.4, -0.2) is 82.3 Å². The van der Waals surface area contributed by atoms with E-state index in [1.807, 2.05) is 18.2 Å². The van der Waals surface area contributed by atoms with Crippen LogP contribution in [0.3, 0.4) is 0 Å². The van der Waals surface area contributed by atoms with E-state index in [2.05, 4.69) is 41.3 Å². The standard InChI is InChI=1S/C39H59N2O8P/c1-11-46-50(45)28-27-40(29-30-19-21-32(22-20-30)31-17-13-12-14-18-31)26-24-39(50,33(42)47-36(2,3)4)23-15-16-25-41(34(43)48-37(5,6)7)35(44)49-38(8,9)10/h12-14,17-22H,11,15-16,23-29H2,1-10H3. The van der Waals surface area contributed by atoms with Crippen molar-refractivity contribution in [2.75, 3.05) is 32.4 Å². The average Bonchev–Trinajstić information content (AvgIpc) is 3.12. The van der Waals surface area contributed by atoms with E-state index in [0.29, 0.717) is 32.5 Å². The molecule has 0 saturated carbocycles. The Morgan fingerprint density at radius 2 is 1.30 bits per heavy atom. The highest BCUT2D eigenvalue weighted by Crippen LogP contribution is 2.64. The third kappa shape index (κ3) is 12.0. The highest BCUT2D eigenvalue weighted by molar-refractivity contribution is 7.61. The number of esters is 1. The Bertz CT molecular complexity index is 1450. The molecule has 0 bridgehead atoms. The number of carbonyl (C=O) groups is 3. The lowest BCUT2D eigenvalue weighted by molar-refractivity contribution is -0.159. The second-order valence-corrected chi connectivity index (χ2v) is 18.9. The molecule has 0 radical (unpaired) electrons. The Balaban J connectivity index is 1.85. The zero-order valence-corrected chi connectivity index (χ0v) is 32.8. The number of amides is 2. The maximum Gasteiger partial charge on any atom is 0.419 e. The van der Waals surface area contributed by atoms with Crippen LogP contribution in [-0.2, 0) is 34.6 Å². The molecule has 1 heterocycles. The molecular formula is C39H59N2O8P. The zero-order chi connectivity index (χ0) is 37.4. The predicted octanol–water partition coefficient (Wildman–Crippen LogP) is 9.30. The van der Waals surface area contributed by atoms with E-state index < -0.39 is 47.5 Å². The molecule has 2 atom stereocenters. The second-order valence-electron chi connectivity index (χ2n) is 16.0. The molecule has 0 aromatic heterocycles. The lowest BCUT2D eigenvalue weighted by atomic mass is 9.96. The van der Waals surface area contributed by atoms with Gasteiger partial charge in [-0.15, -0.1) is 0 Å². The van der Waals surface area contributed by atoms with Gasteiger partial charge in [0.25, 0.3) is 0 Å². The fourth-order valence-electron chi connectivity index (χ4n) is 5.95. The van der Waals surface area contributed by atoms with Gasteiger partial charge in [0, 0.05) is 32.3 Å². The van der Waals surface area contributed by atoms with Crippen molar-refractivity contribution in [2.24, 2.45) is 0 Å². The van der Waals surface area contributed by atoms with Crippen LogP contribution in [0.4, 0.5) is 9.59 Å². The summed E-state index contributed by atoms with van der Waals surface area (Å²) in [5.74, 6) is -0.535. The van der Waals surface area contributed by atoms with Crippen LogP contribution in [0, 0.1) is 0 Å². The second kappa shape index (κ2) is 16.9. The van der Waals surface area contributed by atoms with Gasteiger partial charge in [-0.2, -0.15) is 0 Å². The Labute approximate surface area is 299 Å². The molecular weight excluding hydrogens is 655 g/mol. The lowest BCUT2D eigenvalue weighted by Crippen LogP contribution is -2.45. The Morgan fingerprint density at radius 1 is 0.760 bits per heavy atom. The number of imide groups is 1. The smallest absolute Gasteiger partial charge is 0.419 e. The molecule has 2 aromatic carbocycles. The van der Waals surface area contributed by atoms with Gasteiger partial charge in [-0.1, -0.05) is 54.6 Å². The molecule has 0 aliphatic carbocycles. The van der Waals surface area contributed by atoms with Crippen molar-refractivity contribution in [1.29, 1.82) is 0 Å². The summed E-state index contributed by atoms with van der Waals surface area (Å²) in [5, 5.41) is -1.40. The highest BCUT2D eigenvalue weighted by atomic mass is 31.2. The van der Waals surface area contributed by atoms with Gasteiger partial charge in [0.2, 0.25) is 7.37 Å². The molecule has 11 heteroatoms. The summed E-state index contributed by atoms with van der Waals surface area (Å²) < 4.78 is 38.1. The number of rotatable bonds is 11. The minimum absolute atomic E-state index is 0.00172. The van der Waals surface area contributed by atoms with Crippen molar-refractivity contribution in [3.63, 3.8) is 0 Å². The van der Waals surface area contributed by atoms with E-state index in [0.717, 1.165) is 21.6 Å². The summed E-state index contributed by atoms with van der Waals surface area (Å²) in [6.07, 6.45) is -0.236. The SMILES string of the molecule is CCOP1(=O)CCN(Cc2ccc(-c3ccccc3)cc2)CCC1(CCCCN(C(=O)OC(C)(C)C)C(=O)OC(C)(C)C)C(=O)OC(C)(C)C. The molecule has 0 spiro atoms. The quantitative estimate of drug-likeness (QED) is 0.0973. The monoisotopic (exact) mass is 714 g/mol. The van der Waals surface area contributed by atoms with Crippen LogP contribution in [0.25, 0.3) is 11.1 Å². The molecule has 2 aromatic rings. The highest BCUT2D eigenvalue weighted by Gasteiger charge is 2.57. The summed E-state index contributed by atoms with van der Waals surface area (Å²) in [7, 11) is -3.60. The van der Waals surface area contributed by atoms with Crippen LogP contribution in [0.2, 0.25) is 0 Å². The first-order chi connectivity index (χ1) is 23.2. The summed E-state index contributed by atoms with van der Waals surface area (Å²) in [6, 6.07) is 18.6. The van der Waals surface area contributed by atoms with E-state index in [1.54, 1.807) is 69.2 Å². The normalized spacial score (nSPS) is 20.4. The van der Waals surface area contributed by atoms with Crippen molar-refractivity contribution in [2.45, 2.75) is 123 Å². The van der Waals surface area contributed by atoms with E-state index in [9.17, 15) is 18.9 Å². The third-order valence-electron chi connectivity index (χ3n) is 8.24.